The van der Waals surface area contributed by atoms with Crippen LogP contribution in [0, 0.1) is 0 Å². The van der Waals surface area contributed by atoms with E-state index in [9.17, 15) is 24.0 Å². The van der Waals surface area contributed by atoms with Crippen molar-refractivity contribution >= 4 is 40.6 Å². The standard InChI is InChI=1S/C23H25NO10/c1-5-30-23(29)19(28)16-10-24(17-9-7-6-8-15(16)17)22-21(34-14(4)27)20(33-13(3)26)18(11-31-22)32-12(2)25/h6-10,18,20-22H,5,11H2,1-4H3/t18-,20-,21+,22+/m0/s1. The number of ether oxygens (including phenoxy) is 5. The van der Waals surface area contributed by atoms with Gasteiger partial charge in [-0.05, 0) is 13.0 Å². The van der Waals surface area contributed by atoms with Crippen LogP contribution in [0.4, 0.5) is 0 Å². The average molecular weight is 475 g/mol. The fourth-order valence-corrected chi connectivity index (χ4v) is 3.86. The van der Waals surface area contributed by atoms with Gasteiger partial charge in [0.15, 0.2) is 24.5 Å². The van der Waals surface area contributed by atoms with E-state index in [2.05, 4.69) is 0 Å². The molecule has 4 atom stereocenters. The number of carbonyl (C=O) groups excluding carboxylic acids is 5. The summed E-state index contributed by atoms with van der Waals surface area (Å²) in [5.41, 5.74) is 0.551. The van der Waals surface area contributed by atoms with Crippen molar-refractivity contribution in [3.8, 4) is 0 Å². The summed E-state index contributed by atoms with van der Waals surface area (Å²) in [5, 5.41) is 0.442. The van der Waals surface area contributed by atoms with E-state index in [4.69, 9.17) is 23.7 Å². The molecule has 1 saturated heterocycles. The molecule has 0 amide bonds. The van der Waals surface area contributed by atoms with Crippen LogP contribution in [0.25, 0.3) is 10.9 Å². The summed E-state index contributed by atoms with van der Waals surface area (Å²) in [6.45, 7) is 4.95. The first-order chi connectivity index (χ1) is 16.1. The summed E-state index contributed by atoms with van der Waals surface area (Å²) in [7, 11) is 0. The average Bonchev–Trinajstić information content (AvgIpc) is 3.14. The van der Waals surface area contributed by atoms with E-state index in [-0.39, 0.29) is 18.8 Å². The molecule has 1 aromatic heterocycles. The summed E-state index contributed by atoms with van der Waals surface area (Å²) in [5.74, 6) is -3.89. The molecule has 2 aromatic rings. The number of hydrogen-bond acceptors (Lipinski definition) is 10. The van der Waals surface area contributed by atoms with Gasteiger partial charge in [-0.25, -0.2) is 4.79 Å². The molecule has 11 heteroatoms. The lowest BCUT2D eigenvalue weighted by Gasteiger charge is -2.41. The van der Waals surface area contributed by atoms with Crippen molar-refractivity contribution in [3.63, 3.8) is 0 Å². The fraction of sp³-hybridized carbons (Fsp3) is 0.435. The molecule has 0 N–H and O–H groups in total. The molecular weight excluding hydrogens is 450 g/mol. The number of aromatic nitrogens is 1. The molecule has 1 fully saturated rings. The maximum absolute atomic E-state index is 12.7. The van der Waals surface area contributed by atoms with Crippen LogP contribution in [0.1, 0.15) is 44.3 Å². The molecule has 11 nitrogen and oxygen atoms in total. The Morgan fingerprint density at radius 2 is 1.56 bits per heavy atom. The Kier molecular flexibility index (Phi) is 7.67. The predicted octanol–water partition coefficient (Wildman–Crippen LogP) is 1.71. The van der Waals surface area contributed by atoms with Crippen molar-refractivity contribution in [1.82, 2.24) is 4.57 Å². The summed E-state index contributed by atoms with van der Waals surface area (Å²) in [4.78, 5) is 60.2. The van der Waals surface area contributed by atoms with E-state index >= 15 is 0 Å². The molecule has 3 rings (SSSR count). The third-order valence-corrected chi connectivity index (χ3v) is 5.04. The van der Waals surface area contributed by atoms with Gasteiger partial charge in [-0.15, -0.1) is 0 Å². The number of rotatable bonds is 7. The van der Waals surface area contributed by atoms with Crippen molar-refractivity contribution in [2.75, 3.05) is 13.2 Å². The number of nitrogens with zero attached hydrogens (tertiary/aromatic N) is 1. The van der Waals surface area contributed by atoms with Gasteiger partial charge in [-0.1, -0.05) is 18.2 Å². The van der Waals surface area contributed by atoms with Crippen molar-refractivity contribution in [2.24, 2.45) is 0 Å². The first kappa shape index (κ1) is 24.9. The minimum Gasteiger partial charge on any atom is -0.460 e. The quantitative estimate of drug-likeness (QED) is 0.252. The second-order valence-electron chi connectivity index (χ2n) is 7.54. The van der Waals surface area contributed by atoms with Crippen molar-refractivity contribution in [2.45, 2.75) is 52.2 Å². The number of fused-ring (bicyclic) bond motifs is 1. The number of carbonyl (C=O) groups is 5. The van der Waals surface area contributed by atoms with Crippen LogP contribution in [0.15, 0.2) is 30.5 Å². The van der Waals surface area contributed by atoms with Gasteiger partial charge in [0.2, 0.25) is 0 Å². The van der Waals surface area contributed by atoms with Gasteiger partial charge >= 0.3 is 23.9 Å². The molecule has 1 aliphatic rings. The number of para-hydroxylation sites is 1. The second-order valence-corrected chi connectivity index (χ2v) is 7.54. The fourth-order valence-electron chi connectivity index (χ4n) is 3.86. The maximum atomic E-state index is 12.7. The van der Waals surface area contributed by atoms with Crippen molar-refractivity contribution in [1.29, 1.82) is 0 Å². The topological polar surface area (TPSA) is 136 Å². The monoisotopic (exact) mass is 475 g/mol. The van der Waals surface area contributed by atoms with Crippen molar-refractivity contribution < 1.29 is 47.7 Å². The van der Waals surface area contributed by atoms with E-state index in [1.807, 2.05) is 0 Å². The lowest BCUT2D eigenvalue weighted by Crippen LogP contribution is -2.55. The minimum absolute atomic E-state index is 0.0328. The van der Waals surface area contributed by atoms with Crippen LogP contribution < -0.4 is 0 Å². The van der Waals surface area contributed by atoms with Crippen LogP contribution in [0.3, 0.4) is 0 Å². The predicted molar refractivity (Wildman–Crippen MR) is 115 cm³/mol. The molecule has 2 heterocycles. The highest BCUT2D eigenvalue weighted by molar-refractivity contribution is 6.43. The van der Waals surface area contributed by atoms with Gasteiger partial charge in [0.25, 0.3) is 5.78 Å². The third kappa shape index (κ3) is 5.25. The van der Waals surface area contributed by atoms with Gasteiger partial charge in [0.05, 0.1) is 24.3 Å². The third-order valence-electron chi connectivity index (χ3n) is 5.04. The Morgan fingerprint density at radius 1 is 0.941 bits per heavy atom. The van der Waals surface area contributed by atoms with E-state index in [1.54, 1.807) is 31.2 Å². The van der Waals surface area contributed by atoms with Crippen LogP contribution in [0.5, 0.6) is 0 Å². The molecule has 182 valence electrons. The summed E-state index contributed by atoms with van der Waals surface area (Å²) >= 11 is 0. The molecule has 34 heavy (non-hydrogen) atoms. The summed E-state index contributed by atoms with van der Waals surface area (Å²) in [6, 6.07) is 6.74. The van der Waals surface area contributed by atoms with E-state index < -0.39 is 54.2 Å². The highest BCUT2D eigenvalue weighted by Crippen LogP contribution is 2.35. The Bertz CT molecular complexity index is 1120. The number of hydrogen-bond donors (Lipinski definition) is 0. The number of Topliss-reactive ketones (excluding diaryl/α,β-unsaturated/α-hetero) is 1. The molecule has 0 unspecified atom stereocenters. The number of esters is 4. The van der Waals surface area contributed by atoms with Gasteiger partial charge in [-0.3, -0.25) is 19.2 Å². The maximum Gasteiger partial charge on any atom is 0.379 e. The van der Waals surface area contributed by atoms with Gasteiger partial charge in [0.1, 0.15) is 0 Å². The van der Waals surface area contributed by atoms with Crippen LogP contribution >= 0.6 is 0 Å². The van der Waals surface area contributed by atoms with E-state index in [1.165, 1.54) is 31.5 Å². The molecule has 0 aliphatic carbocycles. The second kappa shape index (κ2) is 10.5. The Morgan fingerprint density at radius 3 is 2.18 bits per heavy atom. The SMILES string of the molecule is CCOC(=O)C(=O)c1cn([C@@H]2OC[C@H](OC(C)=O)[C@H](OC(C)=O)[C@H]2OC(C)=O)c2ccccc12. The zero-order chi connectivity index (χ0) is 25.0. The first-order valence-corrected chi connectivity index (χ1v) is 10.6. The zero-order valence-electron chi connectivity index (χ0n) is 19.1. The van der Waals surface area contributed by atoms with Crippen molar-refractivity contribution in [3.05, 3.63) is 36.0 Å². The Labute approximate surface area is 194 Å². The Hall–Kier alpha value is -3.73. The minimum atomic E-state index is -1.24. The van der Waals surface area contributed by atoms with Gasteiger partial charge in [-0.2, -0.15) is 0 Å². The molecular formula is C23H25NO10. The van der Waals surface area contributed by atoms with Crippen LogP contribution in [0.2, 0.25) is 0 Å². The number of ketones is 1. The lowest BCUT2D eigenvalue weighted by atomic mass is 10.0. The summed E-state index contributed by atoms with van der Waals surface area (Å²) < 4.78 is 28.3. The highest BCUT2D eigenvalue weighted by atomic mass is 16.6. The summed E-state index contributed by atoms with van der Waals surface area (Å²) in [6.07, 6.45) is -3.14. The molecule has 0 radical (unpaired) electrons. The lowest BCUT2D eigenvalue weighted by molar-refractivity contribution is -0.239. The van der Waals surface area contributed by atoms with Crippen LogP contribution in [-0.4, -0.2) is 65.8 Å². The van der Waals surface area contributed by atoms with E-state index in [0.717, 1.165) is 0 Å². The molecule has 0 saturated carbocycles. The normalized spacial score (nSPS) is 22.0. The molecule has 0 spiro atoms. The number of benzene rings is 1. The highest BCUT2D eigenvalue weighted by Gasteiger charge is 2.48. The van der Waals surface area contributed by atoms with Crippen LogP contribution in [-0.2, 0) is 42.9 Å². The Balaban J connectivity index is 2.11. The van der Waals surface area contributed by atoms with Gasteiger partial charge < -0.3 is 28.3 Å². The smallest absolute Gasteiger partial charge is 0.379 e. The molecule has 1 aromatic carbocycles. The molecule has 0 bridgehead atoms. The van der Waals surface area contributed by atoms with E-state index in [0.29, 0.717) is 10.9 Å². The first-order valence-electron chi connectivity index (χ1n) is 10.6. The zero-order valence-corrected chi connectivity index (χ0v) is 19.1. The largest absolute Gasteiger partial charge is 0.460 e. The van der Waals surface area contributed by atoms with Gasteiger partial charge in [0, 0.05) is 32.4 Å². The molecule has 1 aliphatic heterocycles.